The molecule has 0 aliphatic heterocycles. The molecule has 4 aromatic rings. The van der Waals surface area contributed by atoms with Crippen LogP contribution in [0.2, 0.25) is 0 Å². The first-order valence-electron chi connectivity index (χ1n) is 8.67. The first kappa shape index (κ1) is 18.1. The molecule has 2 heterocycles. The first-order valence-corrected chi connectivity index (χ1v) is 9.48. The molecule has 0 unspecified atom stereocenters. The van der Waals surface area contributed by atoms with E-state index in [0.717, 1.165) is 38.2 Å². The number of hydrogen-bond donors (Lipinski definition) is 2. The van der Waals surface area contributed by atoms with Crippen molar-refractivity contribution >= 4 is 44.1 Å². The van der Waals surface area contributed by atoms with Crippen LogP contribution in [0.3, 0.4) is 0 Å². The van der Waals surface area contributed by atoms with Crippen molar-refractivity contribution in [1.82, 2.24) is 10.3 Å². The van der Waals surface area contributed by atoms with Crippen molar-refractivity contribution in [1.29, 1.82) is 0 Å². The third-order valence-corrected chi connectivity index (χ3v) is 5.66. The Kier molecular flexibility index (Phi) is 4.75. The number of carbonyl (C=O) groups is 1. The molecule has 142 valence electrons. The summed E-state index contributed by atoms with van der Waals surface area (Å²) in [6, 6.07) is 15.2. The van der Waals surface area contributed by atoms with E-state index in [4.69, 9.17) is 15.2 Å². The molecule has 6 nitrogen and oxygen atoms in total. The van der Waals surface area contributed by atoms with Crippen LogP contribution in [0.15, 0.2) is 48.5 Å². The van der Waals surface area contributed by atoms with Crippen LogP contribution in [-0.2, 0) is 6.54 Å². The minimum absolute atomic E-state index is 0.210. The molecule has 0 radical (unpaired) electrons. The third kappa shape index (κ3) is 3.32. The van der Waals surface area contributed by atoms with Crippen LogP contribution in [0, 0.1) is 0 Å². The molecule has 0 saturated heterocycles. The van der Waals surface area contributed by atoms with Gasteiger partial charge in [-0.3, -0.25) is 4.79 Å². The van der Waals surface area contributed by atoms with E-state index in [0.29, 0.717) is 17.1 Å². The molecule has 28 heavy (non-hydrogen) atoms. The summed E-state index contributed by atoms with van der Waals surface area (Å²) in [5, 5.41) is 4.65. The number of ether oxygens (including phenoxy) is 2. The molecule has 0 spiro atoms. The van der Waals surface area contributed by atoms with Crippen molar-refractivity contribution in [2.45, 2.75) is 6.54 Å². The predicted molar refractivity (Wildman–Crippen MR) is 112 cm³/mol. The van der Waals surface area contributed by atoms with Crippen LogP contribution in [-0.4, -0.2) is 25.1 Å². The Morgan fingerprint density at radius 3 is 2.50 bits per heavy atom. The van der Waals surface area contributed by atoms with E-state index in [1.165, 1.54) is 11.3 Å². The standard InChI is InChI=1S/C21H19N3O3S/c1-26-14-6-3-12(4-7-14)11-23-20(25)19-18(22)16-9-13-5-8-15(27-2)10-17(13)24-21(16)28-19/h3-10H,11,22H2,1-2H3,(H,23,25). The second-order valence-electron chi connectivity index (χ2n) is 6.28. The Morgan fingerprint density at radius 2 is 1.79 bits per heavy atom. The molecule has 0 atom stereocenters. The largest absolute Gasteiger partial charge is 0.497 e. The van der Waals surface area contributed by atoms with Gasteiger partial charge in [-0.25, -0.2) is 4.98 Å². The lowest BCUT2D eigenvalue weighted by molar-refractivity contribution is 0.0956. The van der Waals surface area contributed by atoms with Gasteiger partial charge in [0.1, 0.15) is 21.2 Å². The third-order valence-electron chi connectivity index (χ3n) is 4.54. The minimum atomic E-state index is -0.210. The SMILES string of the molecule is COc1ccc(CNC(=O)c2sc3nc4cc(OC)ccc4cc3c2N)cc1. The lowest BCUT2D eigenvalue weighted by Gasteiger charge is -2.06. The molecular weight excluding hydrogens is 374 g/mol. The fourth-order valence-corrected chi connectivity index (χ4v) is 3.98. The summed E-state index contributed by atoms with van der Waals surface area (Å²) in [7, 11) is 3.24. The monoisotopic (exact) mass is 393 g/mol. The number of nitrogens with one attached hydrogen (secondary N) is 1. The molecule has 0 saturated carbocycles. The van der Waals surface area contributed by atoms with Gasteiger partial charge in [-0.2, -0.15) is 0 Å². The molecule has 1 amide bonds. The summed E-state index contributed by atoms with van der Waals surface area (Å²) in [6.07, 6.45) is 0. The van der Waals surface area contributed by atoms with Gasteiger partial charge in [0, 0.05) is 23.4 Å². The molecule has 2 aromatic carbocycles. The number of thiophene rings is 1. The molecule has 2 aromatic heterocycles. The fourth-order valence-electron chi connectivity index (χ4n) is 2.98. The van der Waals surface area contributed by atoms with Gasteiger partial charge in [-0.05, 0) is 35.9 Å². The Bertz CT molecular complexity index is 1170. The molecule has 0 aliphatic carbocycles. The average Bonchev–Trinajstić information content (AvgIpc) is 3.06. The van der Waals surface area contributed by atoms with E-state index < -0.39 is 0 Å². The number of carbonyl (C=O) groups excluding carboxylic acids is 1. The first-order chi connectivity index (χ1) is 13.6. The van der Waals surface area contributed by atoms with Crippen molar-refractivity contribution in [3.63, 3.8) is 0 Å². The maximum Gasteiger partial charge on any atom is 0.263 e. The summed E-state index contributed by atoms with van der Waals surface area (Å²) in [5.41, 5.74) is 8.50. The number of nitrogens with zero attached hydrogens (tertiary/aromatic N) is 1. The van der Waals surface area contributed by atoms with E-state index in [2.05, 4.69) is 10.3 Å². The van der Waals surface area contributed by atoms with Crippen LogP contribution < -0.4 is 20.5 Å². The fraction of sp³-hybridized carbons (Fsp3) is 0.143. The van der Waals surface area contributed by atoms with Crippen LogP contribution in [0.4, 0.5) is 5.69 Å². The highest BCUT2D eigenvalue weighted by Gasteiger charge is 2.18. The smallest absolute Gasteiger partial charge is 0.263 e. The number of nitrogens with two attached hydrogens (primary N) is 1. The van der Waals surface area contributed by atoms with E-state index in [-0.39, 0.29) is 5.91 Å². The van der Waals surface area contributed by atoms with Crippen LogP contribution in [0.25, 0.3) is 21.1 Å². The van der Waals surface area contributed by atoms with Crippen LogP contribution in [0.1, 0.15) is 15.2 Å². The second-order valence-corrected chi connectivity index (χ2v) is 7.27. The summed E-state index contributed by atoms with van der Waals surface area (Å²) >= 11 is 1.29. The Balaban J connectivity index is 1.60. The van der Waals surface area contributed by atoms with Crippen molar-refractivity contribution < 1.29 is 14.3 Å². The van der Waals surface area contributed by atoms with Gasteiger partial charge >= 0.3 is 0 Å². The number of methoxy groups -OCH3 is 2. The van der Waals surface area contributed by atoms with E-state index in [1.807, 2.05) is 48.5 Å². The maximum absolute atomic E-state index is 12.7. The Morgan fingerprint density at radius 1 is 1.07 bits per heavy atom. The second kappa shape index (κ2) is 7.36. The van der Waals surface area contributed by atoms with Crippen molar-refractivity contribution in [2.24, 2.45) is 0 Å². The van der Waals surface area contributed by atoms with Gasteiger partial charge in [0.15, 0.2) is 0 Å². The molecular formula is C21H19N3O3S. The highest BCUT2D eigenvalue weighted by Crippen LogP contribution is 2.35. The number of anilines is 1. The number of amides is 1. The van der Waals surface area contributed by atoms with Gasteiger partial charge in [0.05, 0.1) is 25.4 Å². The highest BCUT2D eigenvalue weighted by molar-refractivity contribution is 7.21. The lowest BCUT2D eigenvalue weighted by Crippen LogP contribution is -2.22. The Labute approximate surface area is 165 Å². The van der Waals surface area contributed by atoms with Crippen LogP contribution in [0.5, 0.6) is 11.5 Å². The molecule has 7 heteroatoms. The van der Waals surface area contributed by atoms with Gasteiger partial charge in [-0.1, -0.05) is 12.1 Å². The van der Waals surface area contributed by atoms with Gasteiger partial charge < -0.3 is 20.5 Å². The molecule has 3 N–H and O–H groups in total. The molecule has 0 bridgehead atoms. The summed E-state index contributed by atoms with van der Waals surface area (Å²) in [6.45, 7) is 0.406. The number of hydrogen-bond acceptors (Lipinski definition) is 6. The number of rotatable bonds is 5. The zero-order chi connectivity index (χ0) is 19.7. The van der Waals surface area contributed by atoms with Crippen molar-refractivity contribution in [3.8, 4) is 11.5 Å². The number of nitrogen functional groups attached to an aromatic ring is 1. The Hall–Kier alpha value is -3.32. The van der Waals surface area contributed by atoms with Gasteiger partial charge in [0.2, 0.25) is 0 Å². The number of pyridine rings is 1. The molecule has 0 fully saturated rings. The zero-order valence-electron chi connectivity index (χ0n) is 15.5. The van der Waals surface area contributed by atoms with E-state index in [1.54, 1.807) is 14.2 Å². The van der Waals surface area contributed by atoms with Crippen molar-refractivity contribution in [2.75, 3.05) is 20.0 Å². The van der Waals surface area contributed by atoms with Crippen molar-refractivity contribution in [3.05, 3.63) is 59.0 Å². The summed E-state index contributed by atoms with van der Waals surface area (Å²) in [4.78, 5) is 18.5. The quantitative estimate of drug-likeness (QED) is 0.536. The van der Waals surface area contributed by atoms with Gasteiger partial charge in [0.25, 0.3) is 5.91 Å². The zero-order valence-corrected chi connectivity index (χ0v) is 16.3. The predicted octanol–water partition coefficient (Wildman–Crippen LogP) is 3.98. The lowest BCUT2D eigenvalue weighted by atomic mass is 10.1. The maximum atomic E-state index is 12.7. The number of aromatic nitrogens is 1. The topological polar surface area (TPSA) is 86.5 Å². The highest BCUT2D eigenvalue weighted by atomic mass is 32.1. The minimum Gasteiger partial charge on any atom is -0.497 e. The van der Waals surface area contributed by atoms with Gasteiger partial charge in [-0.15, -0.1) is 11.3 Å². The summed E-state index contributed by atoms with van der Waals surface area (Å²) in [5.74, 6) is 1.30. The molecule has 4 rings (SSSR count). The number of fused-ring (bicyclic) bond motifs is 2. The summed E-state index contributed by atoms with van der Waals surface area (Å²) < 4.78 is 10.4. The van der Waals surface area contributed by atoms with Crippen LogP contribution >= 0.6 is 11.3 Å². The van der Waals surface area contributed by atoms with E-state index >= 15 is 0 Å². The normalized spacial score (nSPS) is 10.9. The number of benzene rings is 2. The average molecular weight is 393 g/mol. The molecule has 0 aliphatic rings. The van der Waals surface area contributed by atoms with E-state index in [9.17, 15) is 4.79 Å².